The monoisotopic (exact) mass is 385 g/mol. The Hall–Kier alpha value is -2.37. The number of hydrogen-bond acceptors (Lipinski definition) is 5. The second-order valence-electron chi connectivity index (χ2n) is 6.66. The maximum atomic E-state index is 11.0. The van der Waals surface area contributed by atoms with E-state index >= 15 is 0 Å². The average Bonchev–Trinajstić information content (AvgIpc) is 2.65. The van der Waals surface area contributed by atoms with Gasteiger partial charge in [0.1, 0.15) is 5.75 Å². The fourth-order valence-corrected chi connectivity index (χ4v) is 3.17. The van der Waals surface area contributed by atoms with Gasteiger partial charge in [-0.25, -0.2) is 0 Å². The number of nitrogens with zero attached hydrogens (tertiary/aromatic N) is 3. The number of hydrogen-bond donors (Lipinski definition) is 0. The predicted molar refractivity (Wildman–Crippen MR) is 108 cm³/mol. The lowest BCUT2D eigenvalue weighted by atomic mass is 10.1. The zero-order valence-electron chi connectivity index (χ0n) is 15.7. The van der Waals surface area contributed by atoms with Crippen molar-refractivity contribution in [1.29, 1.82) is 0 Å². The fraction of sp³-hybridized carbons (Fsp3) is 0.333. The molecule has 0 atom stereocenters. The van der Waals surface area contributed by atoms with Crippen molar-refractivity contribution in [3.63, 3.8) is 0 Å². The minimum Gasteiger partial charge on any atom is -0.427 e. The van der Waals surface area contributed by atoms with Gasteiger partial charge in [0.15, 0.2) is 0 Å². The van der Waals surface area contributed by atoms with Gasteiger partial charge in [0, 0.05) is 44.7 Å². The fourth-order valence-electron chi connectivity index (χ4n) is 3.04. The van der Waals surface area contributed by atoms with Crippen molar-refractivity contribution >= 4 is 23.3 Å². The molecule has 1 saturated heterocycles. The molecule has 27 heavy (non-hydrogen) atoms. The first-order valence-corrected chi connectivity index (χ1v) is 9.43. The van der Waals surface area contributed by atoms with Crippen molar-refractivity contribution in [1.82, 2.24) is 9.91 Å². The Kier molecular flexibility index (Phi) is 6.48. The summed E-state index contributed by atoms with van der Waals surface area (Å²) in [4.78, 5) is 13.4. The summed E-state index contributed by atoms with van der Waals surface area (Å²) in [7, 11) is 0. The number of esters is 1. The van der Waals surface area contributed by atoms with Gasteiger partial charge in [-0.3, -0.25) is 14.7 Å². The third-order valence-electron chi connectivity index (χ3n) is 4.49. The Morgan fingerprint density at radius 3 is 2.22 bits per heavy atom. The zero-order valence-corrected chi connectivity index (χ0v) is 16.4. The normalized spacial score (nSPS) is 15.7. The number of carbonyl (C=O) groups excluding carboxylic acids is 1. The van der Waals surface area contributed by atoms with Crippen LogP contribution in [0, 0.1) is 0 Å². The van der Waals surface area contributed by atoms with Gasteiger partial charge >= 0.3 is 5.97 Å². The lowest BCUT2D eigenvalue weighted by Gasteiger charge is -2.33. The van der Waals surface area contributed by atoms with Crippen LogP contribution in [-0.4, -0.2) is 47.8 Å². The molecular formula is C21H24ClN3O2. The molecule has 5 nitrogen and oxygen atoms in total. The van der Waals surface area contributed by atoms with Gasteiger partial charge in [0.2, 0.25) is 0 Å². The molecule has 0 aliphatic carbocycles. The molecule has 3 rings (SSSR count). The summed E-state index contributed by atoms with van der Waals surface area (Å²) in [5, 5.41) is 7.64. The maximum Gasteiger partial charge on any atom is 0.308 e. The van der Waals surface area contributed by atoms with Crippen LogP contribution >= 0.6 is 11.6 Å². The Morgan fingerprint density at radius 1 is 1.00 bits per heavy atom. The molecule has 0 amide bonds. The van der Waals surface area contributed by atoms with Crippen LogP contribution in [0.5, 0.6) is 5.75 Å². The molecule has 0 saturated carbocycles. The van der Waals surface area contributed by atoms with Gasteiger partial charge in [-0.2, -0.15) is 5.10 Å². The minimum atomic E-state index is -0.315. The molecule has 0 unspecified atom stereocenters. The SMILES string of the molecule is CC(=O)Oc1ccc(/C(C)=N/N2CCN(Cc3ccc(Cl)cc3)CC2)cc1. The van der Waals surface area contributed by atoms with E-state index in [9.17, 15) is 4.79 Å². The van der Waals surface area contributed by atoms with Crippen LogP contribution in [0.1, 0.15) is 25.0 Å². The number of piperazine rings is 1. The number of rotatable bonds is 5. The summed E-state index contributed by atoms with van der Waals surface area (Å²) >= 11 is 5.95. The smallest absolute Gasteiger partial charge is 0.308 e. The van der Waals surface area contributed by atoms with E-state index in [-0.39, 0.29) is 5.97 Å². The van der Waals surface area contributed by atoms with Gasteiger partial charge in [0.25, 0.3) is 0 Å². The van der Waals surface area contributed by atoms with Crippen LogP contribution < -0.4 is 4.74 Å². The topological polar surface area (TPSA) is 45.1 Å². The molecule has 1 aliphatic heterocycles. The minimum absolute atomic E-state index is 0.315. The van der Waals surface area contributed by atoms with E-state index in [1.54, 1.807) is 12.1 Å². The first kappa shape index (κ1) is 19.4. The summed E-state index contributed by atoms with van der Waals surface area (Å²) in [5.41, 5.74) is 3.26. The third kappa shape index (κ3) is 5.81. The average molecular weight is 386 g/mol. The highest BCUT2D eigenvalue weighted by Crippen LogP contribution is 2.15. The van der Waals surface area contributed by atoms with Gasteiger partial charge in [-0.15, -0.1) is 0 Å². The van der Waals surface area contributed by atoms with E-state index in [4.69, 9.17) is 21.4 Å². The number of ether oxygens (including phenoxy) is 1. The number of hydrazone groups is 1. The highest BCUT2D eigenvalue weighted by molar-refractivity contribution is 6.30. The van der Waals surface area contributed by atoms with Crippen LogP contribution in [0.25, 0.3) is 0 Å². The molecule has 2 aromatic rings. The maximum absolute atomic E-state index is 11.0. The first-order chi connectivity index (χ1) is 13.0. The zero-order chi connectivity index (χ0) is 19.2. The molecule has 1 aliphatic rings. The van der Waals surface area contributed by atoms with Gasteiger partial charge in [-0.05, 0) is 54.4 Å². The molecule has 142 valence electrons. The molecule has 2 aromatic carbocycles. The Bertz CT molecular complexity index is 795. The summed E-state index contributed by atoms with van der Waals surface area (Å²) in [6.07, 6.45) is 0. The second-order valence-corrected chi connectivity index (χ2v) is 7.10. The number of carbonyl (C=O) groups is 1. The van der Waals surface area contributed by atoms with Crippen LogP contribution in [0.15, 0.2) is 53.6 Å². The van der Waals surface area contributed by atoms with Gasteiger partial charge < -0.3 is 4.74 Å². The van der Waals surface area contributed by atoms with Crippen molar-refractivity contribution in [2.45, 2.75) is 20.4 Å². The lowest BCUT2D eigenvalue weighted by molar-refractivity contribution is -0.131. The van der Waals surface area contributed by atoms with E-state index in [1.165, 1.54) is 12.5 Å². The molecule has 1 fully saturated rings. The van der Waals surface area contributed by atoms with Crippen LogP contribution in [0.2, 0.25) is 5.02 Å². The van der Waals surface area contributed by atoms with Gasteiger partial charge in [0.05, 0.1) is 5.71 Å². The molecule has 0 N–H and O–H groups in total. The van der Waals surface area contributed by atoms with Crippen LogP contribution in [-0.2, 0) is 11.3 Å². The van der Waals surface area contributed by atoms with E-state index in [1.807, 2.05) is 31.2 Å². The van der Waals surface area contributed by atoms with E-state index in [2.05, 4.69) is 22.0 Å². The Labute approximate surface area is 165 Å². The molecule has 6 heteroatoms. The number of halogens is 1. The predicted octanol–water partition coefficient (Wildman–Crippen LogP) is 3.81. The van der Waals surface area contributed by atoms with Crippen molar-refractivity contribution in [3.05, 3.63) is 64.7 Å². The molecule has 1 heterocycles. The standard InChI is InChI=1S/C21H24ClN3O2/c1-16(19-5-9-21(10-6-19)27-17(2)26)23-25-13-11-24(12-14-25)15-18-3-7-20(22)8-4-18/h3-10H,11-15H2,1-2H3/b23-16+. The van der Waals surface area contributed by atoms with Crippen molar-refractivity contribution in [2.24, 2.45) is 5.10 Å². The molecular weight excluding hydrogens is 362 g/mol. The lowest BCUT2D eigenvalue weighted by Crippen LogP contribution is -2.43. The molecule has 0 aromatic heterocycles. The number of benzene rings is 2. The summed E-state index contributed by atoms with van der Waals surface area (Å²) in [6.45, 7) is 8.09. The van der Waals surface area contributed by atoms with Crippen LogP contribution in [0.3, 0.4) is 0 Å². The summed E-state index contributed by atoms with van der Waals surface area (Å²) in [5.74, 6) is 0.236. The van der Waals surface area contributed by atoms with Crippen molar-refractivity contribution in [3.8, 4) is 5.75 Å². The van der Waals surface area contributed by atoms with Crippen molar-refractivity contribution in [2.75, 3.05) is 26.2 Å². The molecule has 0 radical (unpaired) electrons. The highest BCUT2D eigenvalue weighted by Gasteiger charge is 2.16. The first-order valence-electron chi connectivity index (χ1n) is 9.05. The Balaban J connectivity index is 1.52. The largest absolute Gasteiger partial charge is 0.427 e. The van der Waals surface area contributed by atoms with E-state index in [0.29, 0.717) is 5.75 Å². The van der Waals surface area contributed by atoms with E-state index in [0.717, 1.165) is 49.0 Å². The Morgan fingerprint density at radius 2 is 1.63 bits per heavy atom. The molecule has 0 spiro atoms. The summed E-state index contributed by atoms with van der Waals surface area (Å²) in [6, 6.07) is 15.5. The third-order valence-corrected chi connectivity index (χ3v) is 4.75. The van der Waals surface area contributed by atoms with E-state index < -0.39 is 0 Å². The quantitative estimate of drug-likeness (QED) is 0.446. The van der Waals surface area contributed by atoms with Crippen LogP contribution in [0.4, 0.5) is 0 Å². The van der Waals surface area contributed by atoms with Crippen molar-refractivity contribution < 1.29 is 9.53 Å². The molecule has 0 bridgehead atoms. The highest BCUT2D eigenvalue weighted by atomic mass is 35.5. The second kappa shape index (κ2) is 9.02. The summed E-state index contributed by atoms with van der Waals surface area (Å²) < 4.78 is 5.06. The van der Waals surface area contributed by atoms with Gasteiger partial charge in [-0.1, -0.05) is 23.7 Å².